The van der Waals surface area contributed by atoms with Crippen LogP contribution in [-0.2, 0) is 19.1 Å². The number of unbranched alkanes of at least 4 members (excludes halogenated alkanes) is 3. The van der Waals surface area contributed by atoms with Gasteiger partial charge < -0.3 is 9.47 Å². The number of rotatable bonds is 11. The maximum absolute atomic E-state index is 11.9. The average Bonchev–Trinajstić information content (AvgIpc) is 2.45. The van der Waals surface area contributed by atoms with Crippen molar-refractivity contribution < 1.29 is 19.1 Å². The summed E-state index contributed by atoms with van der Waals surface area (Å²) in [6.45, 7) is 6.53. The minimum absolute atomic E-state index is 0.0213. The standard InChI is InChI=1S/C16H28O4/c1-4-7-10-14(16(18)19-12-9-6-3)13-20-15(17)11-8-5-2/h10H,4-9,11-13H2,1-3H3. The second kappa shape index (κ2) is 12.7. The molecule has 0 aromatic heterocycles. The molecule has 0 aromatic rings. The summed E-state index contributed by atoms with van der Waals surface area (Å²) in [6, 6.07) is 0. The molecule has 0 aliphatic rings. The fourth-order valence-corrected chi connectivity index (χ4v) is 1.47. The SMILES string of the molecule is CCCC=C(COC(=O)CCCC)C(=O)OCCCC. The van der Waals surface area contributed by atoms with E-state index < -0.39 is 0 Å². The van der Waals surface area contributed by atoms with Gasteiger partial charge in [0.15, 0.2) is 0 Å². The maximum Gasteiger partial charge on any atom is 0.337 e. The second-order valence-electron chi connectivity index (χ2n) is 4.77. The van der Waals surface area contributed by atoms with E-state index in [0.29, 0.717) is 18.6 Å². The molecule has 116 valence electrons. The van der Waals surface area contributed by atoms with E-state index in [0.717, 1.165) is 38.5 Å². The van der Waals surface area contributed by atoms with Crippen molar-refractivity contribution >= 4 is 11.9 Å². The molecule has 4 nitrogen and oxygen atoms in total. The van der Waals surface area contributed by atoms with E-state index in [4.69, 9.17) is 9.47 Å². The lowest BCUT2D eigenvalue weighted by Crippen LogP contribution is -2.16. The fourth-order valence-electron chi connectivity index (χ4n) is 1.47. The molecule has 0 fully saturated rings. The minimum atomic E-state index is -0.366. The van der Waals surface area contributed by atoms with Gasteiger partial charge in [-0.1, -0.05) is 46.1 Å². The molecule has 0 rings (SSSR count). The smallest absolute Gasteiger partial charge is 0.337 e. The van der Waals surface area contributed by atoms with Crippen LogP contribution in [0.25, 0.3) is 0 Å². The Bertz CT molecular complexity index is 308. The van der Waals surface area contributed by atoms with E-state index in [1.54, 1.807) is 6.08 Å². The van der Waals surface area contributed by atoms with Gasteiger partial charge in [0.2, 0.25) is 0 Å². The Kier molecular flexibility index (Phi) is 11.9. The third-order valence-corrected chi connectivity index (χ3v) is 2.80. The largest absolute Gasteiger partial charge is 0.462 e. The maximum atomic E-state index is 11.9. The monoisotopic (exact) mass is 284 g/mol. The van der Waals surface area contributed by atoms with E-state index in [1.165, 1.54) is 0 Å². The molecule has 0 radical (unpaired) electrons. The topological polar surface area (TPSA) is 52.6 Å². The lowest BCUT2D eigenvalue weighted by Gasteiger charge is -2.09. The summed E-state index contributed by atoms with van der Waals surface area (Å²) in [5.41, 5.74) is 0.452. The molecular weight excluding hydrogens is 256 g/mol. The van der Waals surface area contributed by atoms with Gasteiger partial charge in [0.1, 0.15) is 6.61 Å². The first-order chi connectivity index (χ1) is 9.65. The third-order valence-electron chi connectivity index (χ3n) is 2.80. The zero-order chi connectivity index (χ0) is 15.2. The number of esters is 2. The molecule has 0 N–H and O–H groups in total. The van der Waals surface area contributed by atoms with E-state index in [1.807, 2.05) is 20.8 Å². The number of carbonyl (C=O) groups is 2. The van der Waals surface area contributed by atoms with Crippen molar-refractivity contribution in [1.82, 2.24) is 0 Å². The molecule has 0 aliphatic carbocycles. The third kappa shape index (κ3) is 9.59. The molecule has 0 aromatic carbocycles. The Hall–Kier alpha value is -1.32. The van der Waals surface area contributed by atoms with Gasteiger partial charge in [-0.25, -0.2) is 4.79 Å². The summed E-state index contributed by atoms with van der Waals surface area (Å²) in [5, 5.41) is 0. The zero-order valence-electron chi connectivity index (χ0n) is 13.1. The van der Waals surface area contributed by atoms with Crippen LogP contribution in [0.15, 0.2) is 11.6 Å². The molecule has 4 heteroatoms. The molecule has 0 saturated carbocycles. The lowest BCUT2D eigenvalue weighted by molar-refractivity contribution is -0.145. The summed E-state index contributed by atoms with van der Waals surface area (Å²) in [4.78, 5) is 23.3. The van der Waals surface area contributed by atoms with Crippen molar-refractivity contribution in [3.8, 4) is 0 Å². The Balaban J connectivity index is 4.27. The van der Waals surface area contributed by atoms with Gasteiger partial charge >= 0.3 is 11.9 Å². The predicted octanol–water partition coefficient (Wildman–Crippen LogP) is 3.79. The quantitative estimate of drug-likeness (QED) is 0.329. The molecule has 0 spiro atoms. The summed E-state index contributed by atoms with van der Waals surface area (Å²) < 4.78 is 10.3. The van der Waals surface area contributed by atoms with E-state index in [-0.39, 0.29) is 18.5 Å². The molecular formula is C16H28O4. The van der Waals surface area contributed by atoms with Gasteiger partial charge in [-0.15, -0.1) is 0 Å². The molecule has 0 amide bonds. The van der Waals surface area contributed by atoms with Gasteiger partial charge in [0.25, 0.3) is 0 Å². The van der Waals surface area contributed by atoms with Crippen LogP contribution < -0.4 is 0 Å². The lowest BCUT2D eigenvalue weighted by atomic mass is 10.2. The molecule has 0 bridgehead atoms. The minimum Gasteiger partial charge on any atom is -0.462 e. The number of hydrogen-bond acceptors (Lipinski definition) is 4. The number of carbonyl (C=O) groups excluding carboxylic acids is 2. The first-order valence-electron chi connectivity index (χ1n) is 7.67. The van der Waals surface area contributed by atoms with Gasteiger partial charge in [0.05, 0.1) is 12.2 Å². The van der Waals surface area contributed by atoms with E-state index in [9.17, 15) is 9.59 Å². The van der Waals surface area contributed by atoms with Crippen molar-refractivity contribution in [1.29, 1.82) is 0 Å². The van der Waals surface area contributed by atoms with Crippen molar-refractivity contribution in [2.24, 2.45) is 0 Å². The van der Waals surface area contributed by atoms with E-state index >= 15 is 0 Å². The fraction of sp³-hybridized carbons (Fsp3) is 0.750. The van der Waals surface area contributed by atoms with Crippen LogP contribution in [0.2, 0.25) is 0 Å². The van der Waals surface area contributed by atoms with Crippen LogP contribution in [-0.4, -0.2) is 25.2 Å². The Morgan fingerprint density at radius 2 is 1.65 bits per heavy atom. The van der Waals surface area contributed by atoms with Crippen molar-refractivity contribution in [3.63, 3.8) is 0 Å². The van der Waals surface area contributed by atoms with Gasteiger partial charge in [0, 0.05) is 6.42 Å². The van der Waals surface area contributed by atoms with Crippen LogP contribution in [0.5, 0.6) is 0 Å². The normalized spacial score (nSPS) is 11.2. The van der Waals surface area contributed by atoms with Gasteiger partial charge in [-0.2, -0.15) is 0 Å². The summed E-state index contributed by atoms with van der Waals surface area (Å²) in [6.07, 6.45) is 7.53. The Morgan fingerprint density at radius 1 is 0.950 bits per heavy atom. The number of allylic oxidation sites excluding steroid dienone is 1. The first-order valence-corrected chi connectivity index (χ1v) is 7.67. The molecule has 0 heterocycles. The number of ether oxygens (including phenoxy) is 2. The average molecular weight is 284 g/mol. The summed E-state index contributed by atoms with van der Waals surface area (Å²) in [5.74, 6) is -0.620. The van der Waals surface area contributed by atoms with Crippen molar-refractivity contribution in [3.05, 3.63) is 11.6 Å². The predicted molar refractivity (Wildman–Crippen MR) is 79.3 cm³/mol. The molecule has 20 heavy (non-hydrogen) atoms. The van der Waals surface area contributed by atoms with Crippen LogP contribution in [0.4, 0.5) is 0 Å². The Labute approximate surface area is 122 Å². The van der Waals surface area contributed by atoms with Crippen LogP contribution in [0.1, 0.15) is 65.7 Å². The highest BCUT2D eigenvalue weighted by molar-refractivity contribution is 5.89. The van der Waals surface area contributed by atoms with Gasteiger partial charge in [-0.3, -0.25) is 4.79 Å². The summed E-state index contributed by atoms with van der Waals surface area (Å²) >= 11 is 0. The molecule has 0 unspecified atom stereocenters. The van der Waals surface area contributed by atoms with Crippen LogP contribution in [0, 0.1) is 0 Å². The highest BCUT2D eigenvalue weighted by Gasteiger charge is 2.13. The highest BCUT2D eigenvalue weighted by Crippen LogP contribution is 2.06. The first kappa shape index (κ1) is 18.7. The van der Waals surface area contributed by atoms with Crippen LogP contribution in [0.3, 0.4) is 0 Å². The Morgan fingerprint density at radius 3 is 2.25 bits per heavy atom. The molecule has 0 aliphatic heterocycles. The second-order valence-corrected chi connectivity index (χ2v) is 4.77. The highest BCUT2D eigenvalue weighted by atomic mass is 16.5. The molecule has 0 saturated heterocycles. The molecule has 0 atom stereocenters. The summed E-state index contributed by atoms with van der Waals surface area (Å²) in [7, 11) is 0. The van der Waals surface area contributed by atoms with Gasteiger partial charge in [-0.05, 0) is 19.3 Å². The van der Waals surface area contributed by atoms with Crippen molar-refractivity contribution in [2.75, 3.05) is 13.2 Å². The van der Waals surface area contributed by atoms with E-state index in [2.05, 4.69) is 0 Å². The zero-order valence-corrected chi connectivity index (χ0v) is 13.1. The van der Waals surface area contributed by atoms with Crippen LogP contribution >= 0.6 is 0 Å². The van der Waals surface area contributed by atoms with Crippen molar-refractivity contribution in [2.45, 2.75) is 65.7 Å². The number of hydrogen-bond donors (Lipinski definition) is 0.